The fourth-order valence-corrected chi connectivity index (χ4v) is 0.991. The van der Waals surface area contributed by atoms with Crippen LogP contribution in [0.2, 0.25) is 0 Å². The van der Waals surface area contributed by atoms with Gasteiger partial charge >= 0.3 is 0 Å². The minimum Gasteiger partial charge on any atom is -0.349 e. The summed E-state index contributed by atoms with van der Waals surface area (Å²) in [4.78, 5) is 0. The lowest BCUT2D eigenvalue weighted by atomic mass is 10.3. The van der Waals surface area contributed by atoms with E-state index in [9.17, 15) is 0 Å². The first-order valence-electron chi connectivity index (χ1n) is 4.33. The van der Waals surface area contributed by atoms with Gasteiger partial charge in [-0.3, -0.25) is 0 Å². The molecule has 0 aromatic carbocycles. The van der Waals surface area contributed by atoms with E-state index in [1.54, 1.807) is 0 Å². The van der Waals surface area contributed by atoms with Crippen molar-refractivity contribution < 1.29 is 9.47 Å². The molecule has 1 rings (SSSR count). The van der Waals surface area contributed by atoms with Gasteiger partial charge < -0.3 is 9.47 Å². The number of rotatable bonds is 3. The van der Waals surface area contributed by atoms with Gasteiger partial charge in [-0.2, -0.15) is 0 Å². The summed E-state index contributed by atoms with van der Waals surface area (Å²) in [5, 5.41) is 0. The summed E-state index contributed by atoms with van der Waals surface area (Å²) in [6.07, 6.45) is 7.37. The van der Waals surface area contributed by atoms with E-state index in [0.29, 0.717) is 0 Å². The Labute approximate surface area is 68.2 Å². The molecule has 1 heterocycles. The van der Waals surface area contributed by atoms with Gasteiger partial charge in [-0.1, -0.05) is 19.4 Å². The SMILES string of the molecule is CCCC=CC1OCCCO1. The standard InChI is InChI=1S/C9H16O2/c1-2-3-4-6-9-10-7-5-8-11-9/h4,6,9H,2-3,5,7-8H2,1H3. The molecule has 0 unspecified atom stereocenters. The Balaban J connectivity index is 2.13. The van der Waals surface area contributed by atoms with Crippen LogP contribution >= 0.6 is 0 Å². The zero-order valence-corrected chi connectivity index (χ0v) is 7.08. The lowest BCUT2D eigenvalue weighted by Gasteiger charge is -2.19. The predicted octanol–water partition coefficient (Wildman–Crippen LogP) is 2.11. The molecule has 1 fully saturated rings. The third kappa shape index (κ3) is 3.54. The number of hydrogen-bond acceptors (Lipinski definition) is 2. The minimum absolute atomic E-state index is 0.0738. The van der Waals surface area contributed by atoms with Crippen molar-refractivity contribution in [2.45, 2.75) is 32.5 Å². The highest BCUT2D eigenvalue weighted by molar-refractivity contribution is 4.85. The molecule has 0 N–H and O–H groups in total. The van der Waals surface area contributed by atoms with Gasteiger partial charge in [0.2, 0.25) is 0 Å². The van der Waals surface area contributed by atoms with Crippen LogP contribution in [0.5, 0.6) is 0 Å². The van der Waals surface area contributed by atoms with E-state index in [1.165, 1.54) is 6.42 Å². The van der Waals surface area contributed by atoms with Crippen molar-refractivity contribution in [3.05, 3.63) is 12.2 Å². The minimum atomic E-state index is -0.0738. The van der Waals surface area contributed by atoms with E-state index >= 15 is 0 Å². The van der Waals surface area contributed by atoms with Crippen LogP contribution in [0.15, 0.2) is 12.2 Å². The van der Waals surface area contributed by atoms with E-state index in [2.05, 4.69) is 13.0 Å². The third-order valence-corrected chi connectivity index (χ3v) is 1.60. The number of ether oxygens (including phenoxy) is 2. The van der Waals surface area contributed by atoms with Crippen LogP contribution in [0.4, 0.5) is 0 Å². The number of unbranched alkanes of at least 4 members (excludes halogenated alkanes) is 1. The molecule has 0 aliphatic carbocycles. The second-order valence-corrected chi connectivity index (χ2v) is 2.68. The molecule has 64 valence electrons. The van der Waals surface area contributed by atoms with Crippen molar-refractivity contribution >= 4 is 0 Å². The summed E-state index contributed by atoms with van der Waals surface area (Å²) in [6.45, 7) is 3.83. The fraction of sp³-hybridized carbons (Fsp3) is 0.778. The Morgan fingerprint density at radius 3 is 2.73 bits per heavy atom. The second-order valence-electron chi connectivity index (χ2n) is 2.68. The third-order valence-electron chi connectivity index (χ3n) is 1.60. The largest absolute Gasteiger partial charge is 0.349 e. The maximum Gasteiger partial charge on any atom is 0.176 e. The predicted molar refractivity (Wildman–Crippen MR) is 44.4 cm³/mol. The Bertz CT molecular complexity index is 115. The highest BCUT2D eigenvalue weighted by Gasteiger charge is 2.08. The molecule has 0 spiro atoms. The molecule has 0 aromatic rings. The molecule has 0 radical (unpaired) electrons. The second kappa shape index (κ2) is 5.33. The summed E-state index contributed by atoms with van der Waals surface area (Å²) < 4.78 is 10.6. The van der Waals surface area contributed by atoms with Crippen LogP contribution in [-0.4, -0.2) is 19.5 Å². The first-order valence-corrected chi connectivity index (χ1v) is 4.33. The summed E-state index contributed by atoms with van der Waals surface area (Å²) in [7, 11) is 0. The molecule has 2 nitrogen and oxygen atoms in total. The first-order chi connectivity index (χ1) is 5.43. The Kier molecular flexibility index (Phi) is 4.24. The summed E-state index contributed by atoms with van der Waals surface area (Å²) in [5.74, 6) is 0. The Morgan fingerprint density at radius 2 is 2.09 bits per heavy atom. The Morgan fingerprint density at radius 1 is 1.36 bits per heavy atom. The van der Waals surface area contributed by atoms with E-state index in [0.717, 1.165) is 26.1 Å². The fourth-order valence-electron chi connectivity index (χ4n) is 0.991. The van der Waals surface area contributed by atoms with Crippen LogP contribution in [0.1, 0.15) is 26.2 Å². The molecule has 0 bridgehead atoms. The average Bonchev–Trinajstić information content (AvgIpc) is 2.07. The van der Waals surface area contributed by atoms with Gasteiger partial charge in [0.25, 0.3) is 0 Å². The molecule has 0 atom stereocenters. The van der Waals surface area contributed by atoms with Crippen molar-refractivity contribution in [1.82, 2.24) is 0 Å². The quantitative estimate of drug-likeness (QED) is 0.582. The van der Waals surface area contributed by atoms with Crippen LogP contribution in [-0.2, 0) is 9.47 Å². The molecule has 11 heavy (non-hydrogen) atoms. The normalized spacial score (nSPS) is 21.2. The highest BCUT2D eigenvalue weighted by Crippen LogP contribution is 2.06. The van der Waals surface area contributed by atoms with Crippen LogP contribution in [0.25, 0.3) is 0 Å². The summed E-state index contributed by atoms with van der Waals surface area (Å²) in [6, 6.07) is 0. The summed E-state index contributed by atoms with van der Waals surface area (Å²) in [5.41, 5.74) is 0. The molecule has 0 saturated carbocycles. The van der Waals surface area contributed by atoms with Gasteiger partial charge in [-0.05, 0) is 18.9 Å². The van der Waals surface area contributed by atoms with Crippen LogP contribution in [0, 0.1) is 0 Å². The molecular formula is C9H16O2. The van der Waals surface area contributed by atoms with E-state index in [-0.39, 0.29) is 6.29 Å². The molecule has 1 saturated heterocycles. The van der Waals surface area contributed by atoms with Gasteiger partial charge in [0.15, 0.2) is 6.29 Å². The lowest BCUT2D eigenvalue weighted by molar-refractivity contribution is -0.149. The zero-order valence-electron chi connectivity index (χ0n) is 7.08. The molecule has 2 heteroatoms. The zero-order chi connectivity index (χ0) is 7.94. The Hall–Kier alpha value is -0.340. The number of allylic oxidation sites excluding steroid dienone is 1. The van der Waals surface area contributed by atoms with E-state index in [4.69, 9.17) is 9.47 Å². The van der Waals surface area contributed by atoms with Gasteiger partial charge in [0.05, 0.1) is 13.2 Å². The van der Waals surface area contributed by atoms with Crippen molar-refractivity contribution in [3.8, 4) is 0 Å². The molecule has 1 aliphatic heterocycles. The van der Waals surface area contributed by atoms with Crippen LogP contribution in [0.3, 0.4) is 0 Å². The van der Waals surface area contributed by atoms with Gasteiger partial charge in [0, 0.05) is 0 Å². The smallest absolute Gasteiger partial charge is 0.176 e. The summed E-state index contributed by atoms with van der Waals surface area (Å²) >= 11 is 0. The molecule has 0 aromatic heterocycles. The highest BCUT2D eigenvalue weighted by atomic mass is 16.7. The maximum absolute atomic E-state index is 5.32. The van der Waals surface area contributed by atoms with Gasteiger partial charge in [-0.25, -0.2) is 0 Å². The van der Waals surface area contributed by atoms with E-state index < -0.39 is 0 Å². The van der Waals surface area contributed by atoms with E-state index in [1.807, 2.05) is 6.08 Å². The van der Waals surface area contributed by atoms with Crippen molar-refractivity contribution in [2.24, 2.45) is 0 Å². The van der Waals surface area contributed by atoms with Crippen molar-refractivity contribution in [2.75, 3.05) is 13.2 Å². The maximum atomic E-state index is 5.32. The number of hydrogen-bond donors (Lipinski definition) is 0. The van der Waals surface area contributed by atoms with Crippen molar-refractivity contribution in [1.29, 1.82) is 0 Å². The van der Waals surface area contributed by atoms with Crippen molar-refractivity contribution in [3.63, 3.8) is 0 Å². The lowest BCUT2D eigenvalue weighted by Crippen LogP contribution is -2.22. The van der Waals surface area contributed by atoms with Gasteiger partial charge in [-0.15, -0.1) is 0 Å². The van der Waals surface area contributed by atoms with Crippen LogP contribution < -0.4 is 0 Å². The molecule has 1 aliphatic rings. The molecular weight excluding hydrogens is 140 g/mol. The average molecular weight is 156 g/mol. The first kappa shape index (κ1) is 8.75. The van der Waals surface area contributed by atoms with Gasteiger partial charge in [0.1, 0.15) is 0 Å². The topological polar surface area (TPSA) is 18.5 Å². The molecule has 0 amide bonds. The monoisotopic (exact) mass is 156 g/mol.